The van der Waals surface area contributed by atoms with Gasteiger partial charge < -0.3 is 14.6 Å². The first-order valence-corrected chi connectivity index (χ1v) is 11.2. The Morgan fingerprint density at radius 3 is 2.35 bits per heavy atom. The van der Waals surface area contributed by atoms with Gasteiger partial charge in [-0.05, 0) is 43.7 Å². The molecule has 170 valence electrons. The van der Waals surface area contributed by atoms with E-state index in [1.807, 2.05) is 12.1 Å². The van der Waals surface area contributed by atoms with Crippen molar-refractivity contribution in [1.82, 2.24) is 19.2 Å². The number of methoxy groups -OCH3 is 1. The molecule has 0 radical (unpaired) electrons. The van der Waals surface area contributed by atoms with Crippen molar-refractivity contribution in [3.05, 3.63) is 51.7 Å². The zero-order valence-corrected chi connectivity index (χ0v) is 18.7. The number of ether oxygens (including phenoxy) is 2. The summed E-state index contributed by atoms with van der Waals surface area (Å²) in [5.41, 5.74) is 2.18. The van der Waals surface area contributed by atoms with Crippen LogP contribution in [-0.4, -0.2) is 62.3 Å². The van der Waals surface area contributed by atoms with E-state index >= 15 is 0 Å². The van der Waals surface area contributed by atoms with Crippen LogP contribution in [0.5, 0.6) is 0 Å². The Hall–Kier alpha value is -2.00. The summed E-state index contributed by atoms with van der Waals surface area (Å²) in [4.78, 5) is 14.6. The summed E-state index contributed by atoms with van der Waals surface area (Å²) in [5, 5.41) is 14.9. The van der Waals surface area contributed by atoms with Crippen molar-refractivity contribution in [3.8, 4) is 0 Å². The van der Waals surface area contributed by atoms with E-state index in [4.69, 9.17) is 9.47 Å². The lowest BCUT2D eigenvalue weighted by molar-refractivity contribution is -0.0406. The summed E-state index contributed by atoms with van der Waals surface area (Å²) in [6.07, 6.45) is 3.87. The SMILES string of the molecule is COCc1ccccc1COC1CC2CCC(C1)N2CC(O)Cn1nc(C)n(C)c1=O. The zero-order valence-electron chi connectivity index (χ0n) is 18.7. The van der Waals surface area contributed by atoms with Crippen LogP contribution < -0.4 is 5.69 Å². The number of aliphatic hydroxyl groups is 1. The molecular weight excluding hydrogens is 396 g/mol. The molecule has 0 spiro atoms. The van der Waals surface area contributed by atoms with Gasteiger partial charge >= 0.3 is 5.69 Å². The van der Waals surface area contributed by atoms with E-state index < -0.39 is 6.10 Å². The Morgan fingerprint density at radius 1 is 1.13 bits per heavy atom. The van der Waals surface area contributed by atoms with Gasteiger partial charge in [0.25, 0.3) is 0 Å². The number of nitrogens with zero attached hydrogens (tertiary/aromatic N) is 4. The van der Waals surface area contributed by atoms with Crippen molar-refractivity contribution in [2.45, 2.75) is 76.7 Å². The molecule has 8 nitrogen and oxygen atoms in total. The van der Waals surface area contributed by atoms with E-state index in [0.717, 1.165) is 25.7 Å². The Labute approximate surface area is 183 Å². The minimum absolute atomic E-state index is 0.180. The molecule has 31 heavy (non-hydrogen) atoms. The van der Waals surface area contributed by atoms with Gasteiger partial charge in [0.15, 0.2) is 0 Å². The highest BCUT2D eigenvalue weighted by atomic mass is 16.5. The molecule has 0 amide bonds. The molecule has 2 aliphatic rings. The number of benzene rings is 1. The molecule has 3 atom stereocenters. The lowest BCUT2D eigenvalue weighted by Gasteiger charge is -2.39. The molecule has 3 unspecified atom stereocenters. The van der Waals surface area contributed by atoms with Crippen LogP contribution in [0.15, 0.2) is 29.1 Å². The van der Waals surface area contributed by atoms with Crippen LogP contribution in [0.1, 0.15) is 42.6 Å². The molecule has 3 heterocycles. The molecule has 4 rings (SSSR count). The summed E-state index contributed by atoms with van der Waals surface area (Å²) in [7, 11) is 3.41. The second kappa shape index (κ2) is 9.65. The summed E-state index contributed by atoms with van der Waals surface area (Å²) in [5.74, 6) is 0.655. The zero-order chi connectivity index (χ0) is 22.0. The van der Waals surface area contributed by atoms with Gasteiger partial charge in [-0.25, -0.2) is 9.48 Å². The second-order valence-electron chi connectivity index (χ2n) is 8.91. The lowest BCUT2D eigenvalue weighted by Crippen LogP contribution is -2.49. The highest BCUT2D eigenvalue weighted by Crippen LogP contribution is 2.37. The minimum atomic E-state index is -0.617. The van der Waals surface area contributed by atoms with Crippen LogP contribution in [0, 0.1) is 6.92 Å². The molecule has 1 aromatic heterocycles. The van der Waals surface area contributed by atoms with Crippen LogP contribution in [0.25, 0.3) is 0 Å². The fourth-order valence-corrected chi connectivity index (χ4v) is 5.08. The average molecular weight is 431 g/mol. The predicted octanol–water partition coefficient (Wildman–Crippen LogP) is 1.61. The van der Waals surface area contributed by atoms with Gasteiger partial charge in [-0.15, -0.1) is 0 Å². The van der Waals surface area contributed by atoms with E-state index in [1.54, 1.807) is 21.1 Å². The molecule has 0 aliphatic carbocycles. The Bertz CT molecular complexity index is 926. The third-order valence-electron chi connectivity index (χ3n) is 6.80. The van der Waals surface area contributed by atoms with Crippen LogP contribution in [0.2, 0.25) is 0 Å². The Balaban J connectivity index is 1.31. The van der Waals surface area contributed by atoms with Crippen molar-refractivity contribution >= 4 is 0 Å². The molecule has 1 aromatic carbocycles. The van der Waals surface area contributed by atoms with Crippen molar-refractivity contribution < 1.29 is 14.6 Å². The molecule has 1 N–H and O–H groups in total. The number of piperidine rings is 1. The van der Waals surface area contributed by atoms with Crippen molar-refractivity contribution in [3.63, 3.8) is 0 Å². The summed E-state index contributed by atoms with van der Waals surface area (Å²) in [6, 6.07) is 9.12. The average Bonchev–Trinajstić information content (AvgIpc) is 3.12. The maximum absolute atomic E-state index is 12.2. The van der Waals surface area contributed by atoms with E-state index in [9.17, 15) is 9.90 Å². The number of hydrogen-bond acceptors (Lipinski definition) is 6. The predicted molar refractivity (Wildman–Crippen MR) is 117 cm³/mol. The van der Waals surface area contributed by atoms with Crippen molar-refractivity contribution in [1.29, 1.82) is 0 Å². The molecule has 0 saturated carbocycles. The van der Waals surface area contributed by atoms with Gasteiger partial charge in [0, 0.05) is 32.8 Å². The highest BCUT2D eigenvalue weighted by molar-refractivity contribution is 5.25. The molecule has 2 aromatic rings. The van der Waals surface area contributed by atoms with E-state index in [-0.39, 0.29) is 18.3 Å². The monoisotopic (exact) mass is 430 g/mol. The largest absolute Gasteiger partial charge is 0.390 e. The first-order chi connectivity index (χ1) is 15.0. The Kier molecular flexibility index (Phi) is 6.91. The van der Waals surface area contributed by atoms with Crippen LogP contribution in [0.3, 0.4) is 0 Å². The maximum Gasteiger partial charge on any atom is 0.345 e. The molecule has 2 aliphatic heterocycles. The normalized spacial score (nSPS) is 24.6. The quantitative estimate of drug-likeness (QED) is 0.651. The Morgan fingerprint density at radius 2 is 1.77 bits per heavy atom. The van der Waals surface area contributed by atoms with Gasteiger partial charge in [-0.1, -0.05) is 24.3 Å². The number of aliphatic hydroxyl groups excluding tert-OH is 1. The molecule has 8 heteroatoms. The number of rotatable bonds is 9. The van der Waals surface area contributed by atoms with E-state index in [2.05, 4.69) is 22.1 Å². The van der Waals surface area contributed by atoms with Gasteiger partial charge in [0.05, 0.1) is 32.0 Å². The highest BCUT2D eigenvalue weighted by Gasteiger charge is 2.41. The number of aromatic nitrogens is 3. The fraction of sp³-hybridized carbons (Fsp3) is 0.652. The summed E-state index contributed by atoms with van der Waals surface area (Å²) < 4.78 is 14.5. The third kappa shape index (κ3) is 4.92. The third-order valence-corrected chi connectivity index (χ3v) is 6.80. The van der Waals surface area contributed by atoms with Crippen molar-refractivity contribution in [2.24, 2.45) is 7.05 Å². The van der Waals surface area contributed by atoms with Gasteiger partial charge in [-0.3, -0.25) is 9.47 Å². The van der Waals surface area contributed by atoms with Crippen molar-refractivity contribution in [2.75, 3.05) is 13.7 Å². The van der Waals surface area contributed by atoms with E-state index in [0.29, 0.717) is 37.7 Å². The molecular formula is C23H34N4O4. The smallest absolute Gasteiger partial charge is 0.345 e. The van der Waals surface area contributed by atoms with Crippen LogP contribution in [0.4, 0.5) is 0 Å². The molecule has 2 fully saturated rings. The van der Waals surface area contributed by atoms with Gasteiger partial charge in [0.1, 0.15) is 5.82 Å². The van der Waals surface area contributed by atoms with Crippen LogP contribution >= 0.6 is 0 Å². The standard InChI is InChI=1S/C23H34N4O4/c1-16-24-27(23(29)25(16)2)13-21(28)12-26-19-8-9-20(26)11-22(10-19)31-15-18-7-5-4-6-17(18)14-30-3/h4-7,19-22,28H,8-15H2,1-3H3. The van der Waals surface area contributed by atoms with Gasteiger partial charge in [-0.2, -0.15) is 5.10 Å². The first kappa shape index (κ1) is 22.2. The van der Waals surface area contributed by atoms with E-state index in [1.165, 1.54) is 20.4 Å². The topological polar surface area (TPSA) is 81.8 Å². The number of hydrogen-bond donors (Lipinski definition) is 1. The number of fused-ring (bicyclic) bond motifs is 2. The lowest BCUT2D eigenvalue weighted by atomic mass is 9.99. The summed E-state index contributed by atoms with van der Waals surface area (Å²) >= 11 is 0. The first-order valence-electron chi connectivity index (χ1n) is 11.2. The number of aryl methyl sites for hydroxylation is 1. The van der Waals surface area contributed by atoms with Gasteiger partial charge in [0.2, 0.25) is 0 Å². The molecule has 2 saturated heterocycles. The second-order valence-corrected chi connectivity index (χ2v) is 8.91. The van der Waals surface area contributed by atoms with Crippen LogP contribution in [-0.2, 0) is 36.3 Å². The fourth-order valence-electron chi connectivity index (χ4n) is 5.08. The molecule has 2 bridgehead atoms. The minimum Gasteiger partial charge on any atom is -0.390 e. The summed E-state index contributed by atoms with van der Waals surface area (Å²) in [6.45, 7) is 3.80. The maximum atomic E-state index is 12.2.